The number of amides is 2. The molecule has 2 amide bonds. The van der Waals surface area contributed by atoms with Gasteiger partial charge in [-0.25, -0.2) is 8.78 Å². The lowest BCUT2D eigenvalue weighted by Crippen LogP contribution is -2.44. The van der Waals surface area contributed by atoms with Crippen LogP contribution in [-0.2, 0) is 16.6 Å². The number of nitrogens with one attached hydrogen (secondary N) is 2. The van der Waals surface area contributed by atoms with Gasteiger partial charge < -0.3 is 5.32 Å². The van der Waals surface area contributed by atoms with Gasteiger partial charge in [-0.15, -0.1) is 0 Å². The van der Waals surface area contributed by atoms with E-state index in [1.807, 2.05) is 0 Å². The van der Waals surface area contributed by atoms with Crippen LogP contribution in [-0.4, -0.2) is 40.6 Å². The van der Waals surface area contributed by atoms with Crippen molar-refractivity contribution < 1.29 is 18.4 Å². The standard InChI is InChI=1S/C18H20F2N4O2/c1-24-14-8-10(13-6-7-21-9-18(13,19)20)2-3-11(14)16(23-24)12-4-5-15(25)22-17(12)26/h2-3,8,12-13,21H,4-7,9H2,1H3,(H,22,25,26). The molecular weight excluding hydrogens is 342 g/mol. The number of fused-ring (bicyclic) bond motifs is 1. The van der Waals surface area contributed by atoms with Crippen molar-refractivity contribution in [2.75, 3.05) is 13.1 Å². The highest BCUT2D eigenvalue weighted by Gasteiger charge is 2.42. The summed E-state index contributed by atoms with van der Waals surface area (Å²) in [4.78, 5) is 23.5. The van der Waals surface area contributed by atoms with E-state index < -0.39 is 17.8 Å². The fraction of sp³-hybridized carbons (Fsp3) is 0.500. The highest BCUT2D eigenvalue weighted by atomic mass is 19.3. The van der Waals surface area contributed by atoms with E-state index in [9.17, 15) is 18.4 Å². The Kier molecular flexibility index (Phi) is 4.02. The van der Waals surface area contributed by atoms with Crippen LogP contribution in [0.3, 0.4) is 0 Å². The zero-order valence-electron chi connectivity index (χ0n) is 14.4. The Morgan fingerprint density at radius 1 is 1.27 bits per heavy atom. The molecule has 138 valence electrons. The molecular formula is C18H20F2N4O2. The molecule has 0 radical (unpaired) electrons. The van der Waals surface area contributed by atoms with E-state index >= 15 is 0 Å². The molecule has 2 atom stereocenters. The van der Waals surface area contributed by atoms with Gasteiger partial charge in [0.15, 0.2) is 0 Å². The van der Waals surface area contributed by atoms with Crippen LogP contribution < -0.4 is 10.6 Å². The first-order chi connectivity index (χ1) is 12.4. The second kappa shape index (κ2) is 6.12. The largest absolute Gasteiger partial charge is 0.311 e. The van der Waals surface area contributed by atoms with E-state index in [2.05, 4.69) is 15.7 Å². The van der Waals surface area contributed by atoms with Crippen LogP contribution in [0.1, 0.15) is 42.4 Å². The molecule has 6 nitrogen and oxygen atoms in total. The van der Waals surface area contributed by atoms with Crippen molar-refractivity contribution in [1.82, 2.24) is 20.4 Å². The van der Waals surface area contributed by atoms with Gasteiger partial charge >= 0.3 is 0 Å². The summed E-state index contributed by atoms with van der Waals surface area (Å²) in [6, 6.07) is 5.24. The first kappa shape index (κ1) is 17.1. The Hall–Kier alpha value is -2.35. The third-order valence-electron chi connectivity index (χ3n) is 5.36. The molecule has 8 heteroatoms. The molecule has 0 saturated carbocycles. The maximum absolute atomic E-state index is 14.3. The molecule has 26 heavy (non-hydrogen) atoms. The van der Waals surface area contributed by atoms with Crippen molar-refractivity contribution in [3.63, 3.8) is 0 Å². The quantitative estimate of drug-likeness (QED) is 0.799. The third kappa shape index (κ3) is 2.78. The Balaban J connectivity index is 1.73. The van der Waals surface area contributed by atoms with Crippen LogP contribution in [0.4, 0.5) is 8.78 Å². The number of hydrogen-bond acceptors (Lipinski definition) is 4. The maximum atomic E-state index is 14.3. The summed E-state index contributed by atoms with van der Waals surface area (Å²) in [5.74, 6) is -4.75. The molecule has 2 aromatic rings. The molecule has 2 fully saturated rings. The number of nitrogens with zero attached hydrogens (tertiary/aromatic N) is 2. The minimum atomic E-state index is -2.79. The summed E-state index contributed by atoms with van der Waals surface area (Å²) in [6.45, 7) is 0.244. The van der Waals surface area contributed by atoms with E-state index in [0.717, 1.165) is 10.9 Å². The SMILES string of the molecule is Cn1nc(C2CCC(=O)NC2=O)c2ccc(C3CCNCC3(F)F)cc21. The van der Waals surface area contributed by atoms with Crippen LogP contribution >= 0.6 is 0 Å². The number of aryl methyl sites for hydroxylation is 1. The number of halogens is 2. The Morgan fingerprint density at radius 2 is 2.08 bits per heavy atom. The van der Waals surface area contributed by atoms with E-state index in [1.165, 1.54) is 0 Å². The highest BCUT2D eigenvalue weighted by molar-refractivity contribution is 6.02. The van der Waals surface area contributed by atoms with E-state index in [0.29, 0.717) is 30.6 Å². The molecule has 2 saturated heterocycles. The van der Waals surface area contributed by atoms with Crippen molar-refractivity contribution in [1.29, 1.82) is 0 Å². The molecule has 2 unspecified atom stereocenters. The molecule has 1 aromatic heterocycles. The van der Waals surface area contributed by atoms with E-state index in [1.54, 1.807) is 29.9 Å². The Labute approximate surface area is 148 Å². The van der Waals surface area contributed by atoms with Gasteiger partial charge in [-0.1, -0.05) is 12.1 Å². The van der Waals surface area contributed by atoms with Crippen molar-refractivity contribution in [2.45, 2.75) is 37.0 Å². The molecule has 0 spiro atoms. The van der Waals surface area contributed by atoms with Crippen LogP contribution in [0.5, 0.6) is 0 Å². The monoisotopic (exact) mass is 362 g/mol. The molecule has 0 bridgehead atoms. The molecule has 1 aromatic carbocycles. The number of hydrogen-bond donors (Lipinski definition) is 2. The van der Waals surface area contributed by atoms with Gasteiger partial charge in [0, 0.05) is 18.9 Å². The Morgan fingerprint density at radius 3 is 2.81 bits per heavy atom. The lowest BCUT2D eigenvalue weighted by atomic mass is 9.86. The normalized spacial score (nSPS) is 26.1. The zero-order valence-corrected chi connectivity index (χ0v) is 14.4. The van der Waals surface area contributed by atoms with E-state index in [-0.39, 0.29) is 24.8 Å². The number of piperidine rings is 2. The average Bonchev–Trinajstić information content (AvgIpc) is 2.91. The minimum absolute atomic E-state index is 0.272. The average molecular weight is 362 g/mol. The number of carbonyl (C=O) groups excluding carboxylic acids is 2. The molecule has 3 heterocycles. The fourth-order valence-corrected chi connectivity index (χ4v) is 3.98. The number of benzene rings is 1. The summed E-state index contributed by atoms with van der Waals surface area (Å²) >= 11 is 0. The predicted molar refractivity (Wildman–Crippen MR) is 91.0 cm³/mol. The maximum Gasteiger partial charge on any atom is 0.267 e. The topological polar surface area (TPSA) is 76.0 Å². The molecule has 2 aliphatic rings. The van der Waals surface area contributed by atoms with E-state index in [4.69, 9.17) is 0 Å². The molecule has 0 aliphatic carbocycles. The highest BCUT2D eigenvalue weighted by Crippen LogP contribution is 2.39. The second-order valence-electron chi connectivity index (χ2n) is 7.07. The molecule has 2 aliphatic heterocycles. The summed E-state index contributed by atoms with van der Waals surface area (Å²) in [6.07, 6.45) is 1.05. The van der Waals surface area contributed by atoms with Crippen LogP contribution in [0.2, 0.25) is 0 Å². The first-order valence-corrected chi connectivity index (χ1v) is 8.75. The summed E-state index contributed by atoms with van der Waals surface area (Å²) in [5, 5.41) is 10.3. The number of rotatable bonds is 2. The lowest BCUT2D eigenvalue weighted by Gasteiger charge is -2.32. The molecule has 4 rings (SSSR count). The van der Waals surface area contributed by atoms with Crippen LogP contribution in [0, 0.1) is 0 Å². The third-order valence-corrected chi connectivity index (χ3v) is 5.36. The number of aromatic nitrogens is 2. The van der Waals surface area contributed by atoms with Crippen molar-refractivity contribution in [2.24, 2.45) is 7.05 Å². The number of carbonyl (C=O) groups is 2. The summed E-state index contributed by atoms with van der Waals surface area (Å²) in [5.41, 5.74) is 1.90. The summed E-state index contributed by atoms with van der Waals surface area (Å²) in [7, 11) is 1.74. The smallest absolute Gasteiger partial charge is 0.267 e. The predicted octanol–water partition coefficient (Wildman–Crippen LogP) is 1.81. The van der Waals surface area contributed by atoms with Crippen LogP contribution in [0.25, 0.3) is 10.9 Å². The van der Waals surface area contributed by atoms with Gasteiger partial charge in [-0.3, -0.25) is 19.6 Å². The molecule has 2 N–H and O–H groups in total. The number of imide groups is 1. The van der Waals surface area contributed by atoms with Gasteiger partial charge in [0.05, 0.1) is 29.6 Å². The number of alkyl halides is 2. The van der Waals surface area contributed by atoms with Crippen LogP contribution in [0.15, 0.2) is 18.2 Å². The lowest BCUT2D eigenvalue weighted by molar-refractivity contribution is -0.134. The van der Waals surface area contributed by atoms with Gasteiger partial charge in [-0.2, -0.15) is 5.10 Å². The van der Waals surface area contributed by atoms with Crippen molar-refractivity contribution >= 4 is 22.7 Å². The second-order valence-corrected chi connectivity index (χ2v) is 7.07. The van der Waals surface area contributed by atoms with Gasteiger partial charge in [0.2, 0.25) is 11.8 Å². The summed E-state index contributed by atoms with van der Waals surface area (Å²) < 4.78 is 30.2. The van der Waals surface area contributed by atoms with Gasteiger partial charge in [-0.05, 0) is 31.0 Å². The van der Waals surface area contributed by atoms with Gasteiger partial charge in [0.1, 0.15) is 0 Å². The van der Waals surface area contributed by atoms with Gasteiger partial charge in [0.25, 0.3) is 5.92 Å². The van der Waals surface area contributed by atoms with Crippen molar-refractivity contribution in [3.8, 4) is 0 Å². The zero-order chi connectivity index (χ0) is 18.5. The first-order valence-electron chi connectivity index (χ1n) is 8.75. The Bertz CT molecular complexity index is 893. The van der Waals surface area contributed by atoms with Crippen molar-refractivity contribution in [3.05, 3.63) is 29.5 Å². The minimum Gasteiger partial charge on any atom is -0.311 e. The fourth-order valence-electron chi connectivity index (χ4n) is 3.98.